The van der Waals surface area contributed by atoms with Crippen molar-refractivity contribution in [1.82, 2.24) is 4.98 Å². The van der Waals surface area contributed by atoms with Crippen LogP contribution in [0.5, 0.6) is 5.88 Å². The fraction of sp³-hybridized carbons (Fsp3) is 0.538. The lowest BCUT2D eigenvalue weighted by atomic mass is 10.0. The average molecular weight is 412 g/mol. The third kappa shape index (κ3) is 10.5. The van der Waals surface area contributed by atoms with Crippen molar-refractivity contribution in [3.63, 3.8) is 0 Å². The zero-order chi connectivity index (χ0) is 21.3. The van der Waals surface area contributed by atoms with Crippen LogP contribution in [0, 0.1) is 0 Å². The van der Waals surface area contributed by atoms with Gasteiger partial charge in [0.25, 0.3) is 0 Å². The number of nitrogens with zero attached hydrogens (tertiary/aromatic N) is 1. The second-order valence-electron chi connectivity index (χ2n) is 7.92. The normalized spacial score (nSPS) is 10.8. The van der Waals surface area contributed by atoms with Gasteiger partial charge in [0, 0.05) is 24.7 Å². The van der Waals surface area contributed by atoms with Crippen LogP contribution in [0.3, 0.4) is 0 Å². The number of benzene rings is 1. The molecular formula is C26H37NO3. The van der Waals surface area contributed by atoms with Crippen LogP contribution in [-0.4, -0.2) is 22.7 Å². The van der Waals surface area contributed by atoms with Gasteiger partial charge in [-0.25, -0.2) is 4.98 Å². The van der Waals surface area contributed by atoms with Gasteiger partial charge in [0.15, 0.2) is 0 Å². The van der Waals surface area contributed by atoms with Crippen molar-refractivity contribution in [3.05, 3.63) is 48.5 Å². The molecule has 30 heavy (non-hydrogen) atoms. The van der Waals surface area contributed by atoms with Crippen LogP contribution in [0.15, 0.2) is 48.5 Å². The highest BCUT2D eigenvalue weighted by atomic mass is 16.5. The molecule has 1 aromatic carbocycles. The molecule has 1 N–H and O–H groups in total. The van der Waals surface area contributed by atoms with Crippen molar-refractivity contribution >= 4 is 5.97 Å². The van der Waals surface area contributed by atoms with Crippen molar-refractivity contribution in [1.29, 1.82) is 0 Å². The number of aliphatic hydroxyl groups is 1. The highest BCUT2D eigenvalue weighted by molar-refractivity contribution is 5.72. The molecule has 1 heterocycles. The van der Waals surface area contributed by atoms with Crippen LogP contribution in [0.1, 0.15) is 83.5 Å². The number of carbonyl (C=O) groups excluding carboxylic acids is 1. The van der Waals surface area contributed by atoms with Gasteiger partial charge in [-0.2, -0.15) is 0 Å². The molecule has 2 aromatic rings. The topological polar surface area (TPSA) is 59.4 Å². The predicted octanol–water partition coefficient (Wildman–Crippen LogP) is 6.72. The van der Waals surface area contributed by atoms with E-state index in [1.54, 1.807) is 6.07 Å². The van der Waals surface area contributed by atoms with Gasteiger partial charge in [-0.1, -0.05) is 101 Å². The first kappa shape index (κ1) is 24.1. The monoisotopic (exact) mass is 411 g/mol. The van der Waals surface area contributed by atoms with Gasteiger partial charge >= 0.3 is 5.97 Å². The van der Waals surface area contributed by atoms with Gasteiger partial charge in [0.2, 0.25) is 5.88 Å². The van der Waals surface area contributed by atoms with Gasteiger partial charge < -0.3 is 9.84 Å². The fourth-order valence-electron chi connectivity index (χ4n) is 3.56. The SMILES string of the molecule is O=C(CCCCCCCCCCCCCCO)Oc1cccc(-c2ccccc2)n1. The first-order valence-electron chi connectivity index (χ1n) is 11.6. The molecule has 0 saturated heterocycles. The van der Waals surface area contributed by atoms with E-state index in [4.69, 9.17) is 9.84 Å². The number of rotatable bonds is 16. The minimum absolute atomic E-state index is 0.200. The Morgan fingerprint density at radius 3 is 1.87 bits per heavy atom. The Bertz CT molecular complexity index is 702. The number of carbonyl (C=O) groups is 1. The number of hydrogen-bond donors (Lipinski definition) is 1. The first-order valence-corrected chi connectivity index (χ1v) is 11.6. The maximum Gasteiger partial charge on any atom is 0.312 e. The number of aromatic nitrogens is 1. The number of ether oxygens (including phenoxy) is 1. The molecule has 164 valence electrons. The summed E-state index contributed by atoms with van der Waals surface area (Å²) in [6.07, 6.45) is 14.7. The van der Waals surface area contributed by atoms with Crippen molar-refractivity contribution in [2.75, 3.05) is 6.61 Å². The van der Waals surface area contributed by atoms with E-state index in [9.17, 15) is 4.79 Å². The second kappa shape index (κ2) is 15.6. The molecule has 0 aliphatic rings. The van der Waals surface area contributed by atoms with Crippen LogP contribution < -0.4 is 4.74 Å². The van der Waals surface area contributed by atoms with E-state index in [-0.39, 0.29) is 5.97 Å². The maximum atomic E-state index is 12.1. The summed E-state index contributed by atoms with van der Waals surface area (Å²) in [4.78, 5) is 16.5. The minimum Gasteiger partial charge on any atom is -0.407 e. The van der Waals surface area contributed by atoms with Gasteiger partial charge in [0.05, 0.1) is 5.69 Å². The molecule has 0 radical (unpaired) electrons. The summed E-state index contributed by atoms with van der Waals surface area (Å²) in [5.41, 5.74) is 1.82. The van der Waals surface area contributed by atoms with E-state index in [2.05, 4.69) is 4.98 Å². The van der Waals surface area contributed by atoms with E-state index in [0.29, 0.717) is 18.9 Å². The Hall–Kier alpha value is -2.20. The third-order valence-electron chi connectivity index (χ3n) is 5.30. The van der Waals surface area contributed by atoms with Gasteiger partial charge in [0.1, 0.15) is 0 Å². The standard InChI is InChI=1S/C26H37NO3/c28-22-15-10-8-6-4-2-1-3-5-7-9-14-21-26(29)30-25-20-16-19-24(27-25)23-17-12-11-13-18-23/h11-13,16-20,28H,1-10,14-15,21-22H2. The number of aliphatic hydroxyl groups excluding tert-OH is 1. The van der Waals surface area contributed by atoms with Crippen molar-refractivity contribution < 1.29 is 14.6 Å². The molecule has 0 saturated carbocycles. The fourth-order valence-corrected chi connectivity index (χ4v) is 3.56. The van der Waals surface area contributed by atoms with Crippen LogP contribution in [-0.2, 0) is 4.79 Å². The van der Waals surface area contributed by atoms with Gasteiger partial charge in [-0.05, 0) is 18.9 Å². The van der Waals surface area contributed by atoms with Crippen LogP contribution in [0.2, 0.25) is 0 Å². The molecule has 4 heteroatoms. The molecule has 0 spiro atoms. The molecule has 0 atom stereocenters. The van der Waals surface area contributed by atoms with E-state index >= 15 is 0 Å². The minimum atomic E-state index is -0.200. The molecule has 0 fully saturated rings. The summed E-state index contributed by atoms with van der Waals surface area (Å²) in [5, 5.41) is 8.75. The van der Waals surface area contributed by atoms with Crippen molar-refractivity contribution in [3.8, 4) is 17.1 Å². The number of esters is 1. The lowest BCUT2D eigenvalue weighted by Crippen LogP contribution is -2.08. The zero-order valence-electron chi connectivity index (χ0n) is 18.2. The van der Waals surface area contributed by atoms with Crippen molar-refractivity contribution in [2.24, 2.45) is 0 Å². The summed E-state index contributed by atoms with van der Waals surface area (Å²) < 4.78 is 5.42. The molecule has 0 amide bonds. The molecule has 0 aliphatic carbocycles. The molecule has 0 unspecified atom stereocenters. The highest BCUT2D eigenvalue weighted by Gasteiger charge is 2.07. The molecule has 4 nitrogen and oxygen atoms in total. The van der Waals surface area contributed by atoms with Crippen LogP contribution in [0.25, 0.3) is 11.3 Å². The lowest BCUT2D eigenvalue weighted by molar-refractivity contribution is -0.134. The van der Waals surface area contributed by atoms with Gasteiger partial charge in [-0.15, -0.1) is 0 Å². The summed E-state index contributed by atoms with van der Waals surface area (Å²) in [6, 6.07) is 15.4. The second-order valence-corrected chi connectivity index (χ2v) is 7.92. The Kier molecular flexibility index (Phi) is 12.5. The van der Waals surface area contributed by atoms with Crippen LogP contribution in [0.4, 0.5) is 0 Å². The Morgan fingerprint density at radius 2 is 1.27 bits per heavy atom. The van der Waals surface area contributed by atoms with Crippen molar-refractivity contribution in [2.45, 2.75) is 83.5 Å². The molecular weight excluding hydrogens is 374 g/mol. The van der Waals surface area contributed by atoms with E-state index in [1.807, 2.05) is 42.5 Å². The maximum absolute atomic E-state index is 12.1. The van der Waals surface area contributed by atoms with E-state index < -0.39 is 0 Å². The Morgan fingerprint density at radius 1 is 0.700 bits per heavy atom. The number of hydrogen-bond acceptors (Lipinski definition) is 4. The zero-order valence-corrected chi connectivity index (χ0v) is 18.2. The number of unbranched alkanes of at least 4 members (excludes halogenated alkanes) is 11. The largest absolute Gasteiger partial charge is 0.407 e. The third-order valence-corrected chi connectivity index (χ3v) is 5.30. The molecule has 0 bridgehead atoms. The Balaban J connectivity index is 1.49. The quantitative estimate of drug-likeness (QED) is 0.246. The summed E-state index contributed by atoms with van der Waals surface area (Å²) in [6.45, 7) is 0.329. The van der Waals surface area contributed by atoms with E-state index in [1.165, 1.54) is 51.4 Å². The first-order chi connectivity index (χ1) is 14.8. The average Bonchev–Trinajstić information content (AvgIpc) is 2.78. The molecule has 0 aliphatic heterocycles. The van der Waals surface area contributed by atoms with Crippen LogP contribution >= 0.6 is 0 Å². The number of pyridine rings is 1. The van der Waals surface area contributed by atoms with Gasteiger partial charge in [-0.3, -0.25) is 4.79 Å². The summed E-state index contributed by atoms with van der Waals surface area (Å²) >= 11 is 0. The predicted molar refractivity (Wildman–Crippen MR) is 122 cm³/mol. The molecule has 2 rings (SSSR count). The Labute approximate surface area is 181 Å². The van der Waals surface area contributed by atoms with E-state index in [0.717, 1.165) is 36.9 Å². The lowest BCUT2D eigenvalue weighted by Gasteiger charge is -2.06. The summed E-state index contributed by atoms with van der Waals surface area (Å²) in [5.74, 6) is 0.173. The highest BCUT2D eigenvalue weighted by Crippen LogP contribution is 2.20. The molecule has 1 aromatic heterocycles. The smallest absolute Gasteiger partial charge is 0.312 e. The summed E-state index contributed by atoms with van der Waals surface area (Å²) in [7, 11) is 0.